The number of carbonyl (C=O) groups excluding carboxylic acids is 2. The van der Waals surface area contributed by atoms with Crippen LogP contribution in [0.4, 0.5) is 26.8 Å². The third-order valence-corrected chi connectivity index (χ3v) is 4.89. The van der Waals surface area contributed by atoms with Crippen molar-refractivity contribution in [3.63, 3.8) is 0 Å². The van der Waals surface area contributed by atoms with Crippen molar-refractivity contribution in [1.29, 1.82) is 0 Å². The average Bonchev–Trinajstić information content (AvgIpc) is 2.83. The highest BCUT2D eigenvalue weighted by Crippen LogP contribution is 2.22. The third kappa shape index (κ3) is 19.6. The molecule has 9 N–H and O–H groups in total. The molecule has 14 nitrogen and oxygen atoms in total. The van der Waals surface area contributed by atoms with E-state index in [9.17, 15) is 9.59 Å². The van der Waals surface area contributed by atoms with Gasteiger partial charge in [0, 0.05) is 19.6 Å². The van der Waals surface area contributed by atoms with Gasteiger partial charge in [-0.1, -0.05) is 34.8 Å². The quantitative estimate of drug-likeness (QED) is 0.176. The highest BCUT2D eigenvalue weighted by atomic mass is 35.5. The third-order valence-electron chi connectivity index (χ3n) is 3.99. The lowest BCUT2D eigenvalue weighted by Gasteiger charge is -2.19. The van der Waals surface area contributed by atoms with Crippen molar-refractivity contribution in [2.45, 2.75) is 65.6 Å². The zero-order valence-electron chi connectivity index (χ0n) is 24.2. The first kappa shape index (κ1) is 37.9. The molecule has 2 aromatic heterocycles. The van der Waals surface area contributed by atoms with Gasteiger partial charge in [-0.3, -0.25) is 0 Å². The van der Waals surface area contributed by atoms with E-state index >= 15 is 0 Å². The van der Waals surface area contributed by atoms with Crippen molar-refractivity contribution in [2.24, 2.45) is 5.73 Å². The number of hydrogen-bond acceptors (Lipinski definition) is 12. The van der Waals surface area contributed by atoms with Crippen molar-refractivity contribution in [1.82, 2.24) is 30.6 Å². The summed E-state index contributed by atoms with van der Waals surface area (Å²) in [5, 5.41) is 8.88. The molecule has 0 aromatic carbocycles. The maximum absolute atomic E-state index is 11.4. The molecule has 0 saturated heterocycles. The first-order valence-corrected chi connectivity index (χ1v) is 13.6. The number of nitrogens with one attached hydrogen (secondary N) is 3. The Morgan fingerprint density at radius 2 is 1.15 bits per heavy atom. The van der Waals surface area contributed by atoms with E-state index in [2.05, 4.69) is 35.9 Å². The fourth-order valence-electron chi connectivity index (χ4n) is 2.28. The minimum absolute atomic E-state index is 0.190. The van der Waals surface area contributed by atoms with Crippen LogP contribution in [0.15, 0.2) is 12.7 Å². The molecule has 0 aliphatic carbocycles. The van der Waals surface area contributed by atoms with Gasteiger partial charge in [-0.2, -0.15) is 0 Å². The average molecular weight is 640 g/mol. The first-order chi connectivity index (χ1) is 19.0. The molecule has 0 aliphatic heterocycles. The predicted molar refractivity (Wildman–Crippen MR) is 163 cm³/mol. The molecule has 2 aromatic rings. The van der Waals surface area contributed by atoms with Crippen molar-refractivity contribution in [2.75, 3.05) is 43.0 Å². The van der Waals surface area contributed by atoms with E-state index in [0.29, 0.717) is 44.1 Å². The molecule has 0 bridgehead atoms. The first-order valence-electron chi connectivity index (χ1n) is 12.5. The molecular weight excluding hydrogens is 599 g/mol. The van der Waals surface area contributed by atoms with E-state index < -0.39 is 17.3 Å². The minimum Gasteiger partial charge on any atom is -0.444 e. The lowest BCUT2D eigenvalue weighted by atomic mass is 10.2. The second kappa shape index (κ2) is 19.1. The summed E-state index contributed by atoms with van der Waals surface area (Å²) in [6, 6.07) is 0. The Labute approximate surface area is 255 Å². The molecule has 41 heavy (non-hydrogen) atoms. The molecule has 232 valence electrons. The standard InChI is InChI=1S/C12H20ClN5O2.C8H18N2O2.C4H3Cl2N3/c1-12(2,3)20-11(19)16-6-4-5-15-10-8(14)9(13)17-7-18-10;1-8(2,3)12-7(11)10-6-4-5-9;5-3-2(7)4(6)9-1-8-3/h7H,4-6,14H2,1-3H3,(H,16,19)(H,15,17,18);4-6,9H2,1-3H3,(H,10,11);1H,7H2. The van der Waals surface area contributed by atoms with E-state index in [0.717, 1.165) is 6.42 Å². The van der Waals surface area contributed by atoms with Crippen molar-refractivity contribution in [3.8, 4) is 0 Å². The monoisotopic (exact) mass is 638 g/mol. The Kier molecular flexibility index (Phi) is 17.7. The van der Waals surface area contributed by atoms with Crippen LogP contribution in [0.2, 0.25) is 15.5 Å². The minimum atomic E-state index is -0.492. The SMILES string of the molecule is CC(C)(C)OC(=O)NCCCN.CC(C)(C)OC(=O)NCCCNc1ncnc(Cl)c1N.Nc1c(Cl)ncnc1Cl. The fourth-order valence-corrected chi connectivity index (χ4v) is 2.72. The molecule has 2 rings (SSSR count). The summed E-state index contributed by atoms with van der Waals surface area (Å²) >= 11 is 16.7. The lowest BCUT2D eigenvalue weighted by Crippen LogP contribution is -2.33. The molecule has 0 fully saturated rings. The van der Waals surface area contributed by atoms with Crippen molar-refractivity contribution < 1.29 is 19.1 Å². The molecule has 0 saturated carbocycles. The maximum atomic E-state index is 11.4. The van der Waals surface area contributed by atoms with Gasteiger partial charge < -0.3 is 42.6 Å². The van der Waals surface area contributed by atoms with E-state index in [1.807, 2.05) is 41.5 Å². The van der Waals surface area contributed by atoms with Crippen LogP contribution >= 0.6 is 34.8 Å². The van der Waals surface area contributed by atoms with Gasteiger partial charge >= 0.3 is 12.2 Å². The Morgan fingerprint density at radius 3 is 1.56 bits per heavy atom. The number of alkyl carbamates (subject to hydrolysis) is 2. The van der Waals surface area contributed by atoms with Crippen LogP contribution in [0.3, 0.4) is 0 Å². The van der Waals surface area contributed by atoms with Crippen LogP contribution in [0.1, 0.15) is 54.4 Å². The normalized spacial score (nSPS) is 10.7. The summed E-state index contributed by atoms with van der Waals surface area (Å²) in [5.41, 5.74) is 15.9. The maximum Gasteiger partial charge on any atom is 0.407 e. The summed E-state index contributed by atoms with van der Waals surface area (Å²) in [7, 11) is 0. The molecular formula is C24H41Cl3N10O4. The fraction of sp³-hybridized carbons (Fsp3) is 0.583. The molecule has 0 unspecified atom stereocenters. The van der Waals surface area contributed by atoms with Crippen LogP contribution in [-0.2, 0) is 9.47 Å². The number of hydrogen-bond donors (Lipinski definition) is 6. The molecule has 2 heterocycles. The van der Waals surface area contributed by atoms with Gasteiger partial charge in [0.25, 0.3) is 0 Å². The van der Waals surface area contributed by atoms with Gasteiger partial charge in [0.05, 0.1) is 0 Å². The van der Waals surface area contributed by atoms with Gasteiger partial charge in [-0.25, -0.2) is 29.5 Å². The largest absolute Gasteiger partial charge is 0.444 e. The molecule has 0 aliphatic rings. The van der Waals surface area contributed by atoms with E-state index in [-0.39, 0.29) is 27.2 Å². The van der Waals surface area contributed by atoms with Crippen LogP contribution in [0.5, 0.6) is 0 Å². The smallest absolute Gasteiger partial charge is 0.407 e. The van der Waals surface area contributed by atoms with Gasteiger partial charge in [0.15, 0.2) is 21.3 Å². The number of aromatic nitrogens is 4. The topological polar surface area (TPSA) is 218 Å². The van der Waals surface area contributed by atoms with Gasteiger partial charge in [0.1, 0.15) is 35.2 Å². The Hall–Kier alpha value is -3.07. The predicted octanol–water partition coefficient (Wildman–Crippen LogP) is 4.26. The van der Waals surface area contributed by atoms with Gasteiger partial charge in [-0.05, 0) is 60.9 Å². The summed E-state index contributed by atoms with van der Waals surface area (Å²) in [5.74, 6) is 0.488. The van der Waals surface area contributed by atoms with Gasteiger partial charge in [0.2, 0.25) is 0 Å². The van der Waals surface area contributed by atoms with Crippen LogP contribution in [0.25, 0.3) is 0 Å². The number of anilines is 3. The van der Waals surface area contributed by atoms with Gasteiger partial charge in [-0.15, -0.1) is 0 Å². The number of rotatable bonds is 8. The summed E-state index contributed by atoms with van der Waals surface area (Å²) in [4.78, 5) is 37.2. The number of nitrogen functional groups attached to an aromatic ring is 2. The number of carbonyl (C=O) groups is 2. The highest BCUT2D eigenvalue weighted by molar-refractivity contribution is 6.37. The molecule has 0 spiro atoms. The molecule has 0 atom stereocenters. The molecule has 2 amide bonds. The number of halogens is 3. The van der Waals surface area contributed by atoms with Crippen LogP contribution in [-0.4, -0.2) is 69.5 Å². The number of nitrogens with two attached hydrogens (primary N) is 3. The van der Waals surface area contributed by atoms with E-state index in [1.54, 1.807) is 0 Å². The van der Waals surface area contributed by atoms with Crippen molar-refractivity contribution in [3.05, 3.63) is 28.1 Å². The Balaban J connectivity index is 0.000000645. The van der Waals surface area contributed by atoms with Crippen LogP contribution < -0.4 is 33.2 Å². The highest BCUT2D eigenvalue weighted by Gasteiger charge is 2.16. The van der Waals surface area contributed by atoms with E-state index in [4.69, 9.17) is 61.5 Å². The Bertz CT molecular complexity index is 1060. The van der Waals surface area contributed by atoms with Crippen molar-refractivity contribution >= 4 is 64.2 Å². The summed E-state index contributed by atoms with van der Waals surface area (Å²) in [6.07, 6.45) is 3.25. The second-order valence-corrected chi connectivity index (χ2v) is 11.1. The molecule has 17 heteroatoms. The number of amides is 2. The molecule has 0 radical (unpaired) electrons. The summed E-state index contributed by atoms with van der Waals surface area (Å²) in [6.45, 7) is 13.2. The Morgan fingerprint density at radius 1 is 0.732 bits per heavy atom. The number of ether oxygens (including phenoxy) is 2. The zero-order valence-corrected chi connectivity index (χ0v) is 26.5. The second-order valence-electron chi connectivity index (χ2n) is 10.1. The zero-order chi connectivity index (χ0) is 31.6. The van der Waals surface area contributed by atoms with Crippen LogP contribution in [0, 0.1) is 0 Å². The lowest BCUT2D eigenvalue weighted by molar-refractivity contribution is 0.0516. The van der Waals surface area contributed by atoms with E-state index in [1.165, 1.54) is 12.7 Å². The summed E-state index contributed by atoms with van der Waals surface area (Å²) < 4.78 is 10.1. The number of nitrogens with zero attached hydrogens (tertiary/aromatic N) is 4.